The monoisotopic (exact) mass is 341 g/mol. The van der Waals surface area contributed by atoms with Gasteiger partial charge in [0.05, 0.1) is 23.3 Å². The number of carbonyl (C=O) groups is 1. The summed E-state index contributed by atoms with van der Waals surface area (Å²) < 4.78 is 0. The van der Waals surface area contributed by atoms with Crippen LogP contribution in [0.25, 0.3) is 11.3 Å². The van der Waals surface area contributed by atoms with Crippen molar-refractivity contribution in [2.75, 3.05) is 13.1 Å². The average molecular weight is 341 g/mol. The Balaban J connectivity index is 1.64. The number of likely N-dealkylation sites (tertiary alicyclic amines) is 1. The van der Waals surface area contributed by atoms with Crippen molar-refractivity contribution in [2.24, 2.45) is 11.3 Å². The van der Waals surface area contributed by atoms with Crippen molar-refractivity contribution in [3.63, 3.8) is 0 Å². The Morgan fingerprint density at radius 2 is 2.04 bits per heavy atom. The van der Waals surface area contributed by atoms with Crippen LogP contribution in [0.4, 0.5) is 0 Å². The Labute approximate surface area is 149 Å². The summed E-state index contributed by atoms with van der Waals surface area (Å²) in [4.78, 5) is 23.6. The molecule has 1 saturated heterocycles. The second-order valence-electron chi connectivity index (χ2n) is 8.06. The molecule has 25 heavy (non-hydrogen) atoms. The van der Waals surface area contributed by atoms with Crippen LogP contribution in [0.2, 0.25) is 0 Å². The SMILES string of the molecule is Cc1n[nH]c(C)c1-c1cnc(C[C@@H]2CCN(C(=O)C(C)(C)C)C2)cn1. The Kier molecular flexibility index (Phi) is 4.62. The molecule has 1 atom stereocenters. The number of hydrogen-bond donors (Lipinski definition) is 1. The van der Waals surface area contributed by atoms with E-state index in [1.54, 1.807) is 0 Å². The topological polar surface area (TPSA) is 74.8 Å². The summed E-state index contributed by atoms with van der Waals surface area (Å²) in [5, 5.41) is 7.19. The van der Waals surface area contributed by atoms with E-state index in [-0.39, 0.29) is 11.3 Å². The van der Waals surface area contributed by atoms with Crippen LogP contribution in [-0.2, 0) is 11.2 Å². The number of nitrogens with one attached hydrogen (secondary N) is 1. The van der Waals surface area contributed by atoms with Crippen molar-refractivity contribution in [1.29, 1.82) is 0 Å². The van der Waals surface area contributed by atoms with Gasteiger partial charge in [0.15, 0.2) is 0 Å². The molecule has 0 unspecified atom stereocenters. The number of rotatable bonds is 3. The third kappa shape index (κ3) is 3.72. The molecule has 2 aromatic heterocycles. The molecule has 0 spiro atoms. The lowest BCUT2D eigenvalue weighted by Crippen LogP contribution is -2.38. The van der Waals surface area contributed by atoms with Crippen LogP contribution in [-0.4, -0.2) is 44.1 Å². The maximum atomic E-state index is 12.4. The molecule has 6 heteroatoms. The van der Waals surface area contributed by atoms with Crippen LogP contribution in [0.1, 0.15) is 44.3 Å². The van der Waals surface area contributed by atoms with Crippen LogP contribution in [0, 0.1) is 25.2 Å². The first-order valence-corrected chi connectivity index (χ1v) is 8.88. The highest BCUT2D eigenvalue weighted by atomic mass is 16.2. The van der Waals surface area contributed by atoms with E-state index in [0.717, 1.165) is 54.3 Å². The van der Waals surface area contributed by atoms with Gasteiger partial charge in [-0.15, -0.1) is 0 Å². The summed E-state index contributed by atoms with van der Waals surface area (Å²) in [6, 6.07) is 0. The van der Waals surface area contributed by atoms with Crippen molar-refractivity contribution in [1.82, 2.24) is 25.1 Å². The number of aromatic amines is 1. The zero-order valence-corrected chi connectivity index (χ0v) is 15.8. The van der Waals surface area contributed by atoms with Gasteiger partial charge in [0.2, 0.25) is 5.91 Å². The molecular formula is C19H27N5O. The summed E-state index contributed by atoms with van der Waals surface area (Å²) in [7, 11) is 0. The zero-order valence-electron chi connectivity index (χ0n) is 15.8. The molecular weight excluding hydrogens is 314 g/mol. The largest absolute Gasteiger partial charge is 0.342 e. The lowest BCUT2D eigenvalue weighted by molar-refractivity contribution is -0.138. The lowest BCUT2D eigenvalue weighted by atomic mass is 9.95. The summed E-state index contributed by atoms with van der Waals surface area (Å²) in [6.07, 6.45) is 5.58. The number of H-pyrrole nitrogens is 1. The summed E-state index contributed by atoms with van der Waals surface area (Å²) in [6.45, 7) is 11.6. The third-order valence-electron chi connectivity index (χ3n) is 4.80. The van der Waals surface area contributed by atoms with E-state index in [0.29, 0.717) is 5.92 Å². The standard InChI is InChI=1S/C19H27N5O/c1-12-17(13(2)23-22-12)16-10-20-15(9-21-16)8-14-6-7-24(11-14)18(25)19(3,4)5/h9-10,14H,6-8,11H2,1-5H3,(H,22,23)/t14-/m0/s1. The van der Waals surface area contributed by atoms with Gasteiger partial charge in [-0.2, -0.15) is 5.10 Å². The summed E-state index contributed by atoms with van der Waals surface area (Å²) in [5.41, 5.74) is 4.50. The van der Waals surface area contributed by atoms with Crippen LogP contribution in [0.3, 0.4) is 0 Å². The summed E-state index contributed by atoms with van der Waals surface area (Å²) in [5.74, 6) is 0.700. The van der Waals surface area contributed by atoms with Crippen molar-refractivity contribution < 1.29 is 4.79 Å². The van der Waals surface area contributed by atoms with Gasteiger partial charge in [-0.25, -0.2) is 0 Å². The van der Waals surface area contributed by atoms with E-state index in [1.807, 2.05) is 51.9 Å². The van der Waals surface area contributed by atoms with Gasteiger partial charge in [-0.3, -0.25) is 19.9 Å². The molecule has 0 bridgehead atoms. The molecule has 1 N–H and O–H groups in total. The van der Waals surface area contributed by atoms with Crippen molar-refractivity contribution in [3.8, 4) is 11.3 Å². The fraction of sp³-hybridized carbons (Fsp3) is 0.579. The smallest absolute Gasteiger partial charge is 0.227 e. The first kappa shape index (κ1) is 17.6. The van der Waals surface area contributed by atoms with E-state index in [1.165, 1.54) is 0 Å². The Morgan fingerprint density at radius 3 is 2.60 bits per heavy atom. The molecule has 0 aliphatic carbocycles. The quantitative estimate of drug-likeness (QED) is 0.931. The predicted octanol–water partition coefficient (Wildman–Crippen LogP) is 2.92. The molecule has 3 heterocycles. The van der Waals surface area contributed by atoms with E-state index in [2.05, 4.69) is 20.2 Å². The van der Waals surface area contributed by atoms with Gasteiger partial charge < -0.3 is 4.90 Å². The first-order valence-electron chi connectivity index (χ1n) is 8.88. The summed E-state index contributed by atoms with van der Waals surface area (Å²) >= 11 is 0. The van der Waals surface area contributed by atoms with E-state index in [9.17, 15) is 4.79 Å². The molecule has 0 aromatic carbocycles. The predicted molar refractivity (Wildman–Crippen MR) is 96.9 cm³/mol. The fourth-order valence-corrected chi connectivity index (χ4v) is 3.47. The molecule has 1 fully saturated rings. The number of amides is 1. The lowest BCUT2D eigenvalue weighted by Gasteiger charge is -2.25. The van der Waals surface area contributed by atoms with Gasteiger partial charge in [0, 0.05) is 36.0 Å². The third-order valence-corrected chi connectivity index (χ3v) is 4.80. The van der Waals surface area contributed by atoms with Gasteiger partial charge in [0.25, 0.3) is 0 Å². The van der Waals surface area contributed by atoms with Gasteiger partial charge in [0.1, 0.15) is 0 Å². The van der Waals surface area contributed by atoms with E-state index >= 15 is 0 Å². The Morgan fingerprint density at radius 1 is 1.28 bits per heavy atom. The highest BCUT2D eigenvalue weighted by Gasteiger charge is 2.32. The van der Waals surface area contributed by atoms with Gasteiger partial charge in [-0.1, -0.05) is 20.8 Å². The molecule has 3 rings (SSSR count). The number of aromatic nitrogens is 4. The number of carbonyl (C=O) groups excluding carboxylic acids is 1. The van der Waals surface area contributed by atoms with Crippen molar-refractivity contribution in [3.05, 3.63) is 29.5 Å². The van der Waals surface area contributed by atoms with E-state index in [4.69, 9.17) is 0 Å². The Hall–Kier alpha value is -2.24. The number of nitrogens with zero attached hydrogens (tertiary/aromatic N) is 4. The molecule has 0 radical (unpaired) electrons. The fourth-order valence-electron chi connectivity index (χ4n) is 3.47. The molecule has 0 saturated carbocycles. The first-order chi connectivity index (χ1) is 11.8. The molecule has 134 valence electrons. The molecule has 6 nitrogen and oxygen atoms in total. The van der Waals surface area contributed by atoms with Crippen LogP contribution >= 0.6 is 0 Å². The van der Waals surface area contributed by atoms with Crippen molar-refractivity contribution in [2.45, 2.75) is 47.5 Å². The molecule has 1 amide bonds. The number of hydrogen-bond acceptors (Lipinski definition) is 4. The minimum absolute atomic E-state index is 0.238. The van der Waals surface area contributed by atoms with Crippen LogP contribution in [0.5, 0.6) is 0 Å². The van der Waals surface area contributed by atoms with Gasteiger partial charge >= 0.3 is 0 Å². The van der Waals surface area contributed by atoms with Crippen LogP contribution in [0.15, 0.2) is 12.4 Å². The zero-order chi connectivity index (χ0) is 18.2. The normalized spacial score (nSPS) is 18.0. The molecule has 2 aromatic rings. The maximum absolute atomic E-state index is 12.4. The second-order valence-corrected chi connectivity index (χ2v) is 8.06. The second kappa shape index (κ2) is 6.58. The molecule has 1 aliphatic rings. The van der Waals surface area contributed by atoms with Gasteiger partial charge in [-0.05, 0) is 32.6 Å². The van der Waals surface area contributed by atoms with Crippen molar-refractivity contribution >= 4 is 5.91 Å². The number of aryl methyl sites for hydroxylation is 2. The Bertz CT molecular complexity index is 738. The highest BCUT2D eigenvalue weighted by molar-refractivity contribution is 5.81. The highest BCUT2D eigenvalue weighted by Crippen LogP contribution is 2.26. The minimum atomic E-state index is -0.309. The molecule has 1 aliphatic heterocycles. The average Bonchev–Trinajstić information content (AvgIpc) is 3.14. The maximum Gasteiger partial charge on any atom is 0.227 e. The van der Waals surface area contributed by atoms with E-state index < -0.39 is 0 Å². The minimum Gasteiger partial charge on any atom is -0.342 e. The van der Waals surface area contributed by atoms with Crippen LogP contribution < -0.4 is 0 Å².